The van der Waals surface area contributed by atoms with E-state index < -0.39 is 36.1 Å². The van der Waals surface area contributed by atoms with Gasteiger partial charge in [0.25, 0.3) is 11.8 Å². The largest absolute Gasteiger partial charge is 0.496 e. The van der Waals surface area contributed by atoms with Crippen molar-refractivity contribution in [1.82, 2.24) is 49.4 Å². The summed E-state index contributed by atoms with van der Waals surface area (Å²) in [6.45, 7) is 8.68. The number of carboxylic acid groups (broad SMARTS) is 3. The molecule has 3 aromatic rings. The Bertz CT molecular complexity index is 2410. The van der Waals surface area contributed by atoms with Crippen LogP contribution in [0, 0.1) is 5.92 Å². The second kappa shape index (κ2) is 30.8. The lowest BCUT2D eigenvalue weighted by Gasteiger charge is -2.34. The standard InChI is InChI=1S/C55H84N10O13/c1-38(2)41-32-40(18-19-43(41)65-44(51-45(77-6)16-11-17-46(51)78-7)33-42(57-65)53(73)56-52(55(75)76)39-14-9-8-10-15-39)54(74)60(5)23-13-21-58(3)20-12-22-59(4)47(66)34-61-24-26-62(35-48(67)68)28-30-64(37-50(71)72)31-29-63(27-25-61)36-49(69)70/h11,16-19,32-33,38-39,50,52,71-72H,8-10,12-15,20-31,34-37H2,1-7H3,(H,56,73)(H,67,68)(H,69,70)(H,75,76)/t52-/m0/s1. The van der Waals surface area contributed by atoms with Crippen molar-refractivity contribution < 1.29 is 63.8 Å². The lowest BCUT2D eigenvalue weighted by molar-refractivity contribution is -0.141. The lowest BCUT2D eigenvalue weighted by Crippen LogP contribution is -2.50. The predicted octanol–water partition coefficient (Wildman–Crippen LogP) is 2.39. The van der Waals surface area contributed by atoms with Gasteiger partial charge in [-0.05, 0) is 99.6 Å². The van der Waals surface area contributed by atoms with Crippen molar-refractivity contribution in [3.8, 4) is 28.4 Å². The Labute approximate surface area is 458 Å². The zero-order valence-electron chi connectivity index (χ0n) is 46.6. The molecule has 2 aliphatic rings. The van der Waals surface area contributed by atoms with Gasteiger partial charge in [0.05, 0.1) is 50.8 Å². The molecule has 2 heterocycles. The van der Waals surface area contributed by atoms with Crippen molar-refractivity contribution >= 4 is 35.6 Å². The summed E-state index contributed by atoms with van der Waals surface area (Å²) in [5, 5.41) is 56.2. The minimum atomic E-state index is -1.60. The minimum Gasteiger partial charge on any atom is -0.496 e. The molecule has 1 aliphatic carbocycles. The first-order valence-electron chi connectivity index (χ1n) is 27.1. The Hall–Kier alpha value is -6.21. The molecular formula is C55H84N10O13. The van der Waals surface area contributed by atoms with E-state index in [4.69, 9.17) is 14.6 Å². The van der Waals surface area contributed by atoms with Gasteiger partial charge in [0.1, 0.15) is 17.5 Å². The van der Waals surface area contributed by atoms with Crippen LogP contribution in [0.4, 0.5) is 0 Å². The third-order valence-corrected chi connectivity index (χ3v) is 14.7. The Morgan fingerprint density at radius 1 is 0.692 bits per heavy atom. The van der Waals surface area contributed by atoms with Crippen LogP contribution in [0.25, 0.3) is 16.9 Å². The molecule has 23 nitrogen and oxygen atoms in total. The van der Waals surface area contributed by atoms with E-state index in [9.17, 15) is 54.3 Å². The number of carbonyl (C=O) groups is 6. The number of carboxylic acids is 3. The number of benzene rings is 2. The molecule has 0 unspecified atom stereocenters. The second-order valence-corrected chi connectivity index (χ2v) is 20.9. The van der Waals surface area contributed by atoms with Crippen LogP contribution in [0.3, 0.4) is 0 Å². The topological polar surface area (TPSA) is 275 Å². The first-order chi connectivity index (χ1) is 37.2. The first kappa shape index (κ1) is 62.6. The molecule has 23 heteroatoms. The monoisotopic (exact) mass is 1090 g/mol. The SMILES string of the molecule is COc1cccc(OC)c1-c1cc(C(=O)N[C@H](C(=O)O)C2CCCCC2)nn1-c1ccc(C(=O)N(C)CCCN(C)CCCN(C)C(=O)CN2CCN(CC(=O)O)CCN(CC(O)O)CCN(CC(=O)O)CC2)cc1C(C)C. The number of hydrogen-bond acceptors (Lipinski definition) is 16. The van der Waals surface area contributed by atoms with Gasteiger partial charge in [0.2, 0.25) is 5.91 Å². The van der Waals surface area contributed by atoms with Gasteiger partial charge in [0, 0.05) is 91.7 Å². The van der Waals surface area contributed by atoms with Crippen LogP contribution in [-0.4, -0.2) is 258 Å². The summed E-state index contributed by atoms with van der Waals surface area (Å²) in [5.41, 5.74) is 2.88. The third kappa shape index (κ3) is 18.7. The molecule has 1 aromatic heterocycles. The van der Waals surface area contributed by atoms with E-state index in [0.29, 0.717) is 138 Å². The van der Waals surface area contributed by atoms with Gasteiger partial charge in [-0.2, -0.15) is 5.10 Å². The number of ether oxygens (including phenoxy) is 2. The smallest absolute Gasteiger partial charge is 0.326 e. The molecule has 0 bridgehead atoms. The number of hydrogen-bond donors (Lipinski definition) is 6. The normalized spacial score (nSPS) is 16.4. The summed E-state index contributed by atoms with van der Waals surface area (Å²) in [4.78, 5) is 90.2. The van der Waals surface area contributed by atoms with Crippen LogP contribution in [0.1, 0.15) is 91.1 Å². The quantitative estimate of drug-likeness (QED) is 0.0630. The number of carbonyl (C=O) groups excluding carboxylic acids is 3. The average molecular weight is 1090 g/mol. The van der Waals surface area contributed by atoms with Crippen LogP contribution in [-0.2, 0) is 19.2 Å². The van der Waals surface area contributed by atoms with Gasteiger partial charge in [0.15, 0.2) is 12.0 Å². The number of aromatic nitrogens is 2. The van der Waals surface area contributed by atoms with Crippen molar-refractivity contribution in [1.29, 1.82) is 0 Å². The van der Waals surface area contributed by atoms with Crippen molar-refractivity contribution in [3.63, 3.8) is 0 Å². The maximum absolute atomic E-state index is 14.0. The van der Waals surface area contributed by atoms with Crippen LogP contribution in [0.15, 0.2) is 42.5 Å². The second-order valence-electron chi connectivity index (χ2n) is 20.9. The number of rotatable bonds is 26. The highest BCUT2D eigenvalue weighted by Crippen LogP contribution is 2.41. The highest BCUT2D eigenvalue weighted by Gasteiger charge is 2.33. The van der Waals surface area contributed by atoms with Crippen molar-refractivity contribution in [2.24, 2.45) is 5.92 Å². The van der Waals surface area contributed by atoms with Crippen molar-refractivity contribution in [3.05, 3.63) is 59.3 Å². The number of aliphatic hydroxyl groups excluding tert-OH is 1. The van der Waals surface area contributed by atoms with Gasteiger partial charge in [-0.3, -0.25) is 43.6 Å². The number of amides is 3. The number of likely N-dealkylation sites (N-methyl/N-ethyl adjacent to an activating group) is 1. The van der Waals surface area contributed by atoms with Gasteiger partial charge in [-0.25, -0.2) is 9.48 Å². The van der Waals surface area contributed by atoms with E-state index in [1.165, 1.54) is 14.2 Å². The first-order valence-corrected chi connectivity index (χ1v) is 27.1. The van der Waals surface area contributed by atoms with Crippen molar-refractivity contribution in [2.75, 3.05) is 140 Å². The molecule has 1 atom stereocenters. The fourth-order valence-corrected chi connectivity index (χ4v) is 10.2. The summed E-state index contributed by atoms with van der Waals surface area (Å²) >= 11 is 0. The van der Waals surface area contributed by atoms with E-state index in [0.717, 1.165) is 24.8 Å². The van der Waals surface area contributed by atoms with E-state index in [2.05, 4.69) is 10.2 Å². The van der Waals surface area contributed by atoms with Crippen LogP contribution >= 0.6 is 0 Å². The fraction of sp³-hybridized carbons (Fsp3) is 0.618. The molecule has 2 aromatic carbocycles. The molecule has 6 N–H and O–H groups in total. The zero-order chi connectivity index (χ0) is 57.1. The Kier molecular flexibility index (Phi) is 24.7. The van der Waals surface area contributed by atoms with Crippen molar-refractivity contribution in [2.45, 2.75) is 77.0 Å². The highest BCUT2D eigenvalue weighted by molar-refractivity contribution is 5.97. The molecule has 0 spiro atoms. The maximum Gasteiger partial charge on any atom is 0.326 e. The number of aliphatic hydroxyl groups is 2. The molecule has 78 heavy (non-hydrogen) atoms. The van der Waals surface area contributed by atoms with Gasteiger partial charge >= 0.3 is 17.9 Å². The summed E-state index contributed by atoms with van der Waals surface area (Å²) in [7, 11) is 8.57. The molecule has 3 amide bonds. The van der Waals surface area contributed by atoms with Gasteiger partial charge in [-0.15, -0.1) is 0 Å². The van der Waals surface area contributed by atoms with Gasteiger partial charge < -0.3 is 55.0 Å². The molecule has 5 rings (SSSR count). The maximum atomic E-state index is 14.0. The number of aliphatic carboxylic acids is 3. The third-order valence-electron chi connectivity index (χ3n) is 14.7. The summed E-state index contributed by atoms with van der Waals surface area (Å²) in [5.74, 6) is -3.36. The molecule has 1 saturated heterocycles. The van der Waals surface area contributed by atoms with Crippen LogP contribution < -0.4 is 14.8 Å². The summed E-state index contributed by atoms with van der Waals surface area (Å²) in [6.07, 6.45) is 4.04. The van der Waals surface area contributed by atoms with E-state index in [-0.39, 0.29) is 55.5 Å². The summed E-state index contributed by atoms with van der Waals surface area (Å²) in [6, 6.07) is 11.3. The number of β-amino-alcohol motifs (C(OH)–C–C–N with tert-alkyl or cyclic N) is 2. The number of nitrogens with zero attached hydrogens (tertiary/aromatic N) is 9. The fourth-order valence-electron chi connectivity index (χ4n) is 10.2. The van der Waals surface area contributed by atoms with Crippen LogP contribution in [0.2, 0.25) is 0 Å². The molecule has 1 saturated carbocycles. The predicted molar refractivity (Wildman–Crippen MR) is 292 cm³/mol. The highest BCUT2D eigenvalue weighted by atomic mass is 16.5. The number of nitrogens with one attached hydrogen (secondary N) is 1. The molecular weight excluding hydrogens is 1010 g/mol. The molecule has 1 aliphatic heterocycles. The van der Waals surface area contributed by atoms with Crippen LogP contribution in [0.5, 0.6) is 11.5 Å². The Morgan fingerprint density at radius 3 is 1.72 bits per heavy atom. The Balaban J connectivity index is 1.20. The summed E-state index contributed by atoms with van der Waals surface area (Å²) < 4.78 is 13.2. The van der Waals surface area contributed by atoms with E-state index >= 15 is 0 Å². The minimum absolute atomic E-state index is 0.0104. The molecule has 432 valence electrons. The van der Waals surface area contributed by atoms with E-state index in [1.807, 2.05) is 37.9 Å². The lowest BCUT2D eigenvalue weighted by atomic mass is 9.84. The number of methoxy groups -OCH3 is 2. The molecule has 0 radical (unpaired) electrons. The zero-order valence-corrected chi connectivity index (χ0v) is 46.6. The molecule has 2 fully saturated rings. The Morgan fingerprint density at radius 2 is 1.22 bits per heavy atom. The average Bonchev–Trinajstić information content (AvgIpc) is 3.94. The van der Waals surface area contributed by atoms with Gasteiger partial charge in [-0.1, -0.05) is 39.2 Å². The van der Waals surface area contributed by atoms with E-state index in [1.54, 1.807) is 73.6 Å².